The zero-order chi connectivity index (χ0) is 10.7. The van der Waals surface area contributed by atoms with Gasteiger partial charge in [0.15, 0.2) is 0 Å². The molecule has 0 radical (unpaired) electrons. The first-order valence-electron chi connectivity index (χ1n) is 5.41. The van der Waals surface area contributed by atoms with Crippen LogP contribution in [0.5, 0.6) is 5.75 Å². The molecule has 1 aromatic carbocycles. The van der Waals surface area contributed by atoms with E-state index in [9.17, 15) is 0 Å². The Bertz CT molecular complexity index is 392. The number of hydrogen-bond acceptors (Lipinski definition) is 2. The number of benzene rings is 1. The van der Waals surface area contributed by atoms with Crippen LogP contribution in [0.4, 0.5) is 0 Å². The number of rotatable bonds is 1. The molecular weight excluding hydrogens is 186 g/mol. The molecule has 0 saturated carbocycles. The Morgan fingerprint density at radius 2 is 2.40 bits per heavy atom. The number of nitrogens with zero attached hydrogens (tertiary/aromatic N) is 1. The maximum Gasteiger partial charge on any atom is 0.122 e. The van der Waals surface area contributed by atoms with Gasteiger partial charge in [0.05, 0.1) is 12.7 Å². The van der Waals surface area contributed by atoms with Crippen molar-refractivity contribution in [1.82, 2.24) is 0 Å². The molecule has 1 aliphatic heterocycles. The van der Waals surface area contributed by atoms with Gasteiger partial charge in [-0.2, -0.15) is 5.26 Å². The van der Waals surface area contributed by atoms with E-state index in [0.717, 1.165) is 25.2 Å². The van der Waals surface area contributed by atoms with Gasteiger partial charge in [0, 0.05) is 12.3 Å². The van der Waals surface area contributed by atoms with Gasteiger partial charge >= 0.3 is 0 Å². The summed E-state index contributed by atoms with van der Waals surface area (Å²) in [5.74, 6) is 1.32. The van der Waals surface area contributed by atoms with Gasteiger partial charge in [-0.3, -0.25) is 0 Å². The molecule has 15 heavy (non-hydrogen) atoms. The van der Waals surface area contributed by atoms with Crippen molar-refractivity contribution in [2.45, 2.75) is 32.1 Å². The van der Waals surface area contributed by atoms with Crippen molar-refractivity contribution in [1.29, 1.82) is 5.26 Å². The van der Waals surface area contributed by atoms with Crippen LogP contribution in [0.3, 0.4) is 0 Å². The van der Waals surface area contributed by atoms with E-state index in [1.165, 1.54) is 11.1 Å². The Balaban J connectivity index is 2.38. The fourth-order valence-electron chi connectivity index (χ4n) is 2.11. The smallest absolute Gasteiger partial charge is 0.122 e. The third-order valence-electron chi connectivity index (χ3n) is 2.90. The Hall–Kier alpha value is -1.49. The van der Waals surface area contributed by atoms with Crippen molar-refractivity contribution >= 4 is 0 Å². The van der Waals surface area contributed by atoms with Crippen molar-refractivity contribution in [2.24, 2.45) is 0 Å². The third kappa shape index (κ3) is 2.12. The van der Waals surface area contributed by atoms with Gasteiger partial charge in [-0.1, -0.05) is 17.7 Å². The van der Waals surface area contributed by atoms with Crippen molar-refractivity contribution in [3.63, 3.8) is 0 Å². The Morgan fingerprint density at radius 3 is 3.20 bits per heavy atom. The highest BCUT2D eigenvalue weighted by atomic mass is 16.5. The van der Waals surface area contributed by atoms with Crippen molar-refractivity contribution < 1.29 is 4.74 Å². The molecule has 0 aromatic heterocycles. The van der Waals surface area contributed by atoms with Crippen LogP contribution in [0.15, 0.2) is 18.2 Å². The van der Waals surface area contributed by atoms with Crippen LogP contribution in [-0.4, -0.2) is 6.61 Å². The number of nitriles is 1. The minimum Gasteiger partial charge on any atom is -0.493 e. The molecule has 78 valence electrons. The van der Waals surface area contributed by atoms with E-state index in [1.54, 1.807) is 0 Å². The second-order valence-electron chi connectivity index (χ2n) is 4.09. The lowest BCUT2D eigenvalue weighted by atomic mass is 9.91. The Kier molecular flexibility index (Phi) is 2.91. The molecular formula is C13H15NO. The normalized spacial score (nSPS) is 19.6. The summed E-state index contributed by atoms with van der Waals surface area (Å²) < 4.78 is 5.67. The second-order valence-corrected chi connectivity index (χ2v) is 4.09. The molecule has 1 heterocycles. The Morgan fingerprint density at radius 1 is 1.53 bits per heavy atom. The summed E-state index contributed by atoms with van der Waals surface area (Å²) in [6.45, 7) is 2.85. The standard InChI is InChI=1S/C13H15NO/c1-10-4-5-13-12(9-10)11(6-7-14)3-2-8-15-13/h4-5,9,11H,2-3,6,8H2,1H3. The van der Waals surface area contributed by atoms with Crippen LogP contribution < -0.4 is 4.74 Å². The minimum absolute atomic E-state index is 0.354. The summed E-state index contributed by atoms with van der Waals surface area (Å²) in [5.41, 5.74) is 2.45. The van der Waals surface area contributed by atoms with Crippen LogP contribution in [0, 0.1) is 18.3 Å². The lowest BCUT2D eigenvalue weighted by molar-refractivity contribution is 0.316. The van der Waals surface area contributed by atoms with Gasteiger partial charge in [-0.05, 0) is 31.4 Å². The molecule has 2 nitrogen and oxygen atoms in total. The highest BCUT2D eigenvalue weighted by Crippen LogP contribution is 2.35. The first-order valence-corrected chi connectivity index (χ1v) is 5.41. The minimum atomic E-state index is 0.354. The lowest BCUT2D eigenvalue weighted by Crippen LogP contribution is -1.97. The zero-order valence-corrected chi connectivity index (χ0v) is 8.99. The monoisotopic (exact) mass is 201 g/mol. The van der Waals surface area contributed by atoms with E-state index < -0.39 is 0 Å². The Labute approximate surface area is 90.5 Å². The van der Waals surface area contributed by atoms with E-state index in [4.69, 9.17) is 10.00 Å². The van der Waals surface area contributed by atoms with E-state index in [0.29, 0.717) is 12.3 Å². The van der Waals surface area contributed by atoms with Gasteiger partial charge in [-0.25, -0.2) is 0 Å². The molecule has 1 unspecified atom stereocenters. The van der Waals surface area contributed by atoms with Gasteiger partial charge < -0.3 is 4.74 Å². The molecule has 2 rings (SSSR count). The maximum atomic E-state index is 8.81. The highest BCUT2D eigenvalue weighted by Gasteiger charge is 2.19. The van der Waals surface area contributed by atoms with Crippen molar-refractivity contribution in [3.8, 4) is 11.8 Å². The molecule has 1 aromatic rings. The second kappa shape index (κ2) is 4.35. The van der Waals surface area contributed by atoms with E-state index in [1.807, 2.05) is 6.07 Å². The average molecular weight is 201 g/mol. The first-order chi connectivity index (χ1) is 7.31. The van der Waals surface area contributed by atoms with Crippen LogP contribution in [0.2, 0.25) is 0 Å². The van der Waals surface area contributed by atoms with Crippen LogP contribution in [0.25, 0.3) is 0 Å². The largest absolute Gasteiger partial charge is 0.493 e. The molecule has 1 aliphatic rings. The molecule has 0 aliphatic carbocycles. The maximum absolute atomic E-state index is 8.81. The van der Waals surface area contributed by atoms with Crippen LogP contribution in [0.1, 0.15) is 36.3 Å². The zero-order valence-electron chi connectivity index (χ0n) is 8.99. The summed E-state index contributed by atoms with van der Waals surface area (Å²) in [5, 5.41) is 8.81. The molecule has 0 N–H and O–H groups in total. The van der Waals surface area contributed by atoms with Crippen LogP contribution in [-0.2, 0) is 0 Å². The van der Waals surface area contributed by atoms with Crippen molar-refractivity contribution in [2.75, 3.05) is 6.61 Å². The summed E-state index contributed by atoms with van der Waals surface area (Å²) in [4.78, 5) is 0. The number of ether oxygens (including phenoxy) is 1. The molecule has 0 spiro atoms. The first kappa shape index (κ1) is 10.0. The van der Waals surface area contributed by atoms with E-state index >= 15 is 0 Å². The summed E-state index contributed by atoms with van der Waals surface area (Å²) in [6.07, 6.45) is 2.70. The number of aryl methyl sites for hydroxylation is 1. The van der Waals surface area contributed by atoms with Gasteiger partial charge in [0.1, 0.15) is 5.75 Å². The third-order valence-corrected chi connectivity index (χ3v) is 2.90. The fraction of sp³-hybridized carbons (Fsp3) is 0.462. The average Bonchev–Trinajstić information content (AvgIpc) is 2.42. The quantitative estimate of drug-likeness (QED) is 0.699. The number of hydrogen-bond donors (Lipinski definition) is 0. The summed E-state index contributed by atoms with van der Waals surface area (Å²) >= 11 is 0. The molecule has 2 heteroatoms. The van der Waals surface area contributed by atoms with Crippen LogP contribution >= 0.6 is 0 Å². The topological polar surface area (TPSA) is 33.0 Å². The lowest BCUT2D eigenvalue weighted by Gasteiger charge is -2.13. The SMILES string of the molecule is Cc1ccc2c(c1)C(CC#N)CCCO2. The predicted octanol–water partition coefficient (Wildman–Crippen LogP) is 3.16. The van der Waals surface area contributed by atoms with Gasteiger partial charge in [-0.15, -0.1) is 0 Å². The predicted molar refractivity (Wildman–Crippen MR) is 58.9 cm³/mol. The van der Waals surface area contributed by atoms with Crippen molar-refractivity contribution in [3.05, 3.63) is 29.3 Å². The van der Waals surface area contributed by atoms with Gasteiger partial charge in [0.25, 0.3) is 0 Å². The number of fused-ring (bicyclic) bond motifs is 1. The summed E-state index contributed by atoms with van der Waals surface area (Å²) in [7, 11) is 0. The summed E-state index contributed by atoms with van der Waals surface area (Å²) in [6, 6.07) is 8.52. The highest BCUT2D eigenvalue weighted by molar-refractivity contribution is 5.40. The molecule has 0 amide bonds. The van der Waals surface area contributed by atoms with E-state index in [-0.39, 0.29) is 0 Å². The molecule has 0 fully saturated rings. The van der Waals surface area contributed by atoms with E-state index in [2.05, 4.69) is 25.1 Å². The molecule has 1 atom stereocenters. The molecule has 0 bridgehead atoms. The van der Waals surface area contributed by atoms with Gasteiger partial charge in [0.2, 0.25) is 0 Å². The fourth-order valence-corrected chi connectivity index (χ4v) is 2.11. The molecule has 0 saturated heterocycles.